The topological polar surface area (TPSA) is 135 Å². The van der Waals surface area contributed by atoms with Gasteiger partial charge in [0.05, 0.1) is 26.4 Å². The van der Waals surface area contributed by atoms with E-state index >= 15 is 0 Å². The first-order valence-corrected chi connectivity index (χ1v) is 10.1. The lowest BCUT2D eigenvalue weighted by Gasteiger charge is -2.20. The minimum Gasteiger partial charge on any atom is -0.494 e. The zero-order valence-corrected chi connectivity index (χ0v) is 17.6. The fourth-order valence-corrected chi connectivity index (χ4v) is 3.19. The molecule has 0 saturated heterocycles. The first kappa shape index (κ1) is 22.4. The molecule has 2 N–H and O–H groups in total. The zero-order chi connectivity index (χ0) is 22.2. The van der Waals surface area contributed by atoms with Gasteiger partial charge in [0.1, 0.15) is 12.3 Å². The minimum atomic E-state index is -0.444. The summed E-state index contributed by atoms with van der Waals surface area (Å²) < 4.78 is 11.8. The monoisotopic (exact) mass is 430 g/mol. The molecule has 0 aliphatic rings. The van der Waals surface area contributed by atoms with Gasteiger partial charge in [-0.1, -0.05) is 0 Å². The van der Waals surface area contributed by atoms with Crippen molar-refractivity contribution in [3.8, 4) is 5.75 Å². The second-order valence-electron chi connectivity index (χ2n) is 6.80. The van der Waals surface area contributed by atoms with Gasteiger partial charge in [0.25, 0.3) is 5.56 Å². The summed E-state index contributed by atoms with van der Waals surface area (Å²) in [6.07, 6.45) is 0. The molecule has 2 aromatic heterocycles. The first-order valence-electron chi connectivity index (χ1n) is 10.1. The highest BCUT2D eigenvalue weighted by molar-refractivity contribution is 5.80. The molecule has 11 heteroatoms. The molecule has 31 heavy (non-hydrogen) atoms. The summed E-state index contributed by atoms with van der Waals surface area (Å²) >= 11 is 0. The van der Waals surface area contributed by atoms with Crippen molar-refractivity contribution < 1.29 is 19.4 Å². The average Bonchev–Trinajstić information content (AvgIpc) is 3.15. The van der Waals surface area contributed by atoms with Gasteiger partial charge in [-0.3, -0.25) is 14.5 Å². The summed E-state index contributed by atoms with van der Waals surface area (Å²) in [7, 11) is 0. The lowest BCUT2D eigenvalue weighted by atomic mass is 10.1. The summed E-state index contributed by atoms with van der Waals surface area (Å²) in [5.41, 5.74) is 1.02. The van der Waals surface area contributed by atoms with Gasteiger partial charge in [-0.05, 0) is 48.5 Å². The molecule has 11 nitrogen and oxygen atoms in total. The van der Waals surface area contributed by atoms with Crippen LogP contribution in [-0.4, -0.2) is 67.5 Å². The highest BCUT2D eigenvalue weighted by Crippen LogP contribution is 2.20. The zero-order valence-electron chi connectivity index (χ0n) is 17.6. The Labute approximate surface area is 178 Å². The normalized spacial score (nSPS) is 11.2. The van der Waals surface area contributed by atoms with Gasteiger partial charge in [-0.2, -0.15) is 0 Å². The molecule has 0 fully saturated rings. The summed E-state index contributed by atoms with van der Waals surface area (Å²) in [5.74, 6) is 0.705. The Bertz CT molecular complexity index is 1080. The van der Waals surface area contributed by atoms with Crippen molar-refractivity contribution in [3.05, 3.63) is 46.0 Å². The first-order chi connectivity index (χ1) is 15.0. The number of H-pyrrole nitrogens is 1. The van der Waals surface area contributed by atoms with E-state index in [2.05, 4.69) is 20.5 Å². The van der Waals surface area contributed by atoms with Crippen LogP contribution in [0.2, 0.25) is 0 Å². The van der Waals surface area contributed by atoms with E-state index < -0.39 is 5.97 Å². The van der Waals surface area contributed by atoms with Crippen LogP contribution < -0.4 is 10.3 Å². The van der Waals surface area contributed by atoms with Crippen molar-refractivity contribution in [1.82, 2.24) is 30.1 Å². The highest BCUT2D eigenvalue weighted by Gasteiger charge is 2.17. The third kappa shape index (κ3) is 5.86. The number of carbonyl (C=O) groups excluding carboxylic acids is 1. The molecule has 0 aliphatic heterocycles. The molecule has 0 bridgehead atoms. The number of aromatic amines is 1. The molecule has 3 rings (SSSR count). The van der Waals surface area contributed by atoms with E-state index in [4.69, 9.17) is 9.47 Å². The van der Waals surface area contributed by atoms with E-state index in [9.17, 15) is 14.7 Å². The number of nitrogens with one attached hydrogen (secondary N) is 1. The lowest BCUT2D eigenvalue weighted by Crippen LogP contribution is -2.31. The fourth-order valence-electron chi connectivity index (χ4n) is 3.19. The van der Waals surface area contributed by atoms with E-state index in [1.54, 1.807) is 13.0 Å². The number of esters is 1. The maximum Gasteiger partial charge on any atom is 0.327 e. The second-order valence-corrected chi connectivity index (χ2v) is 6.80. The lowest BCUT2D eigenvalue weighted by molar-refractivity contribution is -0.144. The summed E-state index contributed by atoms with van der Waals surface area (Å²) in [4.78, 5) is 29.1. The van der Waals surface area contributed by atoms with Gasteiger partial charge in [-0.15, -0.1) is 5.10 Å². The Kier molecular flexibility index (Phi) is 7.68. The number of ether oxygens (including phenoxy) is 2. The Morgan fingerprint density at radius 1 is 1.23 bits per heavy atom. The average molecular weight is 430 g/mol. The maximum atomic E-state index is 12.6. The third-order valence-electron chi connectivity index (χ3n) is 4.57. The SMILES string of the molecule is CCOC(=O)Cn1nnnc1CN(CCO)Cc1cc2cc(OCC)ccc2[nH]c1=O. The van der Waals surface area contributed by atoms with Crippen LogP contribution >= 0.6 is 0 Å². The number of hydrogen-bond acceptors (Lipinski definition) is 9. The van der Waals surface area contributed by atoms with Crippen molar-refractivity contribution in [2.24, 2.45) is 0 Å². The van der Waals surface area contributed by atoms with E-state index in [1.165, 1.54) is 4.68 Å². The van der Waals surface area contributed by atoms with Crippen molar-refractivity contribution in [1.29, 1.82) is 0 Å². The van der Waals surface area contributed by atoms with Gasteiger partial charge in [0.2, 0.25) is 0 Å². The van der Waals surface area contributed by atoms with Crippen LogP contribution in [0, 0.1) is 0 Å². The Balaban J connectivity index is 1.81. The van der Waals surface area contributed by atoms with Crippen molar-refractivity contribution in [2.75, 3.05) is 26.4 Å². The molecule has 0 aliphatic carbocycles. The van der Waals surface area contributed by atoms with Crippen LogP contribution in [-0.2, 0) is 29.2 Å². The number of carbonyl (C=O) groups is 1. The molecule has 0 spiro atoms. The number of rotatable bonds is 11. The molecule has 0 amide bonds. The largest absolute Gasteiger partial charge is 0.494 e. The van der Waals surface area contributed by atoms with Crippen LogP contribution in [0.3, 0.4) is 0 Å². The van der Waals surface area contributed by atoms with Gasteiger partial charge < -0.3 is 19.6 Å². The Morgan fingerprint density at radius 3 is 2.81 bits per heavy atom. The van der Waals surface area contributed by atoms with Crippen LogP contribution in [0.15, 0.2) is 29.1 Å². The number of tetrazole rings is 1. The molecule has 1 aromatic carbocycles. The van der Waals surface area contributed by atoms with Crippen LogP contribution in [0.4, 0.5) is 0 Å². The molecule has 3 aromatic rings. The van der Waals surface area contributed by atoms with Gasteiger partial charge >= 0.3 is 5.97 Å². The van der Waals surface area contributed by atoms with Gasteiger partial charge in [0, 0.05) is 29.6 Å². The van der Waals surface area contributed by atoms with Crippen LogP contribution in [0.5, 0.6) is 5.75 Å². The smallest absolute Gasteiger partial charge is 0.327 e. The van der Waals surface area contributed by atoms with Crippen LogP contribution in [0.1, 0.15) is 25.2 Å². The van der Waals surface area contributed by atoms with E-state index in [0.717, 1.165) is 11.1 Å². The quantitative estimate of drug-likeness (QED) is 0.416. The molecular formula is C20H26N6O5. The van der Waals surface area contributed by atoms with Crippen LogP contribution in [0.25, 0.3) is 10.9 Å². The summed E-state index contributed by atoms with van der Waals surface area (Å²) in [6.45, 7) is 5.02. The number of benzene rings is 1. The number of aromatic nitrogens is 5. The maximum absolute atomic E-state index is 12.6. The number of pyridine rings is 1. The van der Waals surface area contributed by atoms with Crippen molar-refractivity contribution in [2.45, 2.75) is 33.5 Å². The predicted molar refractivity (Wildman–Crippen MR) is 111 cm³/mol. The summed E-state index contributed by atoms with van der Waals surface area (Å²) in [6, 6.07) is 7.29. The van der Waals surface area contributed by atoms with E-state index in [1.807, 2.05) is 30.0 Å². The fraction of sp³-hybridized carbons (Fsp3) is 0.450. The molecule has 0 atom stereocenters. The van der Waals surface area contributed by atoms with E-state index in [-0.39, 0.29) is 38.4 Å². The summed E-state index contributed by atoms with van der Waals surface area (Å²) in [5, 5.41) is 21.8. The van der Waals surface area contributed by atoms with Gasteiger partial charge in [0.15, 0.2) is 5.82 Å². The molecule has 2 heterocycles. The standard InChI is InChI=1S/C20H26N6O5/c1-3-30-16-5-6-17-14(10-16)9-15(20(29)21-17)11-25(7-8-27)12-18-22-23-24-26(18)13-19(28)31-4-2/h5-6,9-10,27H,3-4,7-8,11-13H2,1-2H3,(H,21,29). The number of fused-ring (bicyclic) bond motifs is 1. The number of nitrogens with zero attached hydrogens (tertiary/aromatic N) is 5. The second kappa shape index (κ2) is 10.6. The highest BCUT2D eigenvalue weighted by atomic mass is 16.5. The number of aliphatic hydroxyl groups excluding tert-OH is 1. The Morgan fingerprint density at radius 2 is 2.06 bits per heavy atom. The predicted octanol–water partition coefficient (Wildman–Crippen LogP) is 0.471. The number of hydrogen-bond donors (Lipinski definition) is 2. The molecule has 0 unspecified atom stereocenters. The van der Waals surface area contributed by atoms with Crippen molar-refractivity contribution in [3.63, 3.8) is 0 Å². The minimum absolute atomic E-state index is 0.111. The molecule has 166 valence electrons. The van der Waals surface area contributed by atoms with E-state index in [0.29, 0.717) is 30.1 Å². The molecular weight excluding hydrogens is 404 g/mol. The van der Waals surface area contributed by atoms with Crippen molar-refractivity contribution >= 4 is 16.9 Å². The Hall–Kier alpha value is -3.31. The molecule has 0 radical (unpaired) electrons. The van der Waals surface area contributed by atoms with Gasteiger partial charge in [-0.25, -0.2) is 4.68 Å². The number of aliphatic hydroxyl groups is 1. The molecule has 0 saturated carbocycles. The third-order valence-corrected chi connectivity index (χ3v) is 4.57.